The van der Waals surface area contributed by atoms with E-state index in [-0.39, 0.29) is 11.5 Å². The number of carboxylic acids is 1. The van der Waals surface area contributed by atoms with Gasteiger partial charge in [0.25, 0.3) is 0 Å². The second kappa shape index (κ2) is 9.05. The average Bonchev–Trinajstić information content (AvgIpc) is 3.06. The number of fused-ring (bicyclic) bond motifs is 1. The Labute approximate surface area is 198 Å². The van der Waals surface area contributed by atoms with Crippen molar-refractivity contribution in [3.63, 3.8) is 0 Å². The molecule has 0 bridgehead atoms. The number of aromatic carboxylic acids is 1. The Bertz CT molecular complexity index is 1150. The first-order valence-electron chi connectivity index (χ1n) is 11.1. The Morgan fingerprint density at radius 2 is 2.03 bits per heavy atom. The van der Waals surface area contributed by atoms with Crippen molar-refractivity contribution in [1.29, 1.82) is 0 Å². The Morgan fingerprint density at radius 3 is 2.75 bits per heavy atom. The lowest BCUT2D eigenvalue weighted by Crippen LogP contribution is -2.43. The van der Waals surface area contributed by atoms with Crippen LogP contribution in [0.15, 0.2) is 36.4 Å². The number of morpholine rings is 1. The molecule has 170 valence electrons. The number of halogens is 1. The van der Waals surface area contributed by atoms with Gasteiger partial charge >= 0.3 is 5.97 Å². The van der Waals surface area contributed by atoms with E-state index in [0.717, 1.165) is 44.6 Å². The highest BCUT2D eigenvalue weighted by atomic mass is 35.5. The highest BCUT2D eigenvalue weighted by Gasteiger charge is 2.26. The molecule has 2 aromatic carbocycles. The highest BCUT2D eigenvalue weighted by Crippen LogP contribution is 2.41. The van der Waals surface area contributed by atoms with Crippen LogP contribution in [-0.2, 0) is 4.74 Å². The molecule has 0 amide bonds. The van der Waals surface area contributed by atoms with E-state index < -0.39 is 5.97 Å². The Balaban J connectivity index is 1.66. The molecule has 3 aromatic rings. The molecule has 0 spiro atoms. The van der Waals surface area contributed by atoms with Gasteiger partial charge < -0.3 is 14.7 Å². The summed E-state index contributed by atoms with van der Waals surface area (Å²) < 4.78 is 7.09. The van der Waals surface area contributed by atoms with E-state index in [4.69, 9.17) is 16.3 Å². The summed E-state index contributed by atoms with van der Waals surface area (Å²) in [5.74, 6) is -0.903. The topological polar surface area (TPSA) is 49.8 Å². The molecule has 1 aliphatic heterocycles. The van der Waals surface area contributed by atoms with Gasteiger partial charge in [0.05, 0.1) is 24.0 Å². The number of thiophene rings is 1. The summed E-state index contributed by atoms with van der Waals surface area (Å²) in [6, 6.07) is 11.7. The van der Waals surface area contributed by atoms with Gasteiger partial charge in [0.2, 0.25) is 0 Å². The maximum atomic E-state index is 12.2. The van der Waals surface area contributed by atoms with E-state index in [1.54, 1.807) is 11.3 Å². The first-order valence-corrected chi connectivity index (χ1v) is 12.2. The molecule has 1 saturated heterocycles. The number of carboxylic acid groups (broad SMARTS) is 1. The molecular weight excluding hydrogens is 442 g/mol. The van der Waals surface area contributed by atoms with Crippen LogP contribution in [0, 0.1) is 12.3 Å². The van der Waals surface area contributed by atoms with Crippen molar-refractivity contribution < 1.29 is 14.6 Å². The molecule has 1 aromatic heterocycles. The van der Waals surface area contributed by atoms with Crippen LogP contribution in [0.3, 0.4) is 0 Å². The molecule has 0 saturated carbocycles. The maximum Gasteiger partial charge on any atom is 0.337 e. The zero-order chi connectivity index (χ0) is 23.0. The molecule has 1 fully saturated rings. The molecule has 0 radical (unpaired) electrons. The van der Waals surface area contributed by atoms with Crippen LogP contribution in [0.2, 0.25) is 5.02 Å². The van der Waals surface area contributed by atoms with Gasteiger partial charge in [-0.1, -0.05) is 44.5 Å². The predicted octanol–water partition coefficient (Wildman–Crippen LogP) is 7.26. The van der Waals surface area contributed by atoms with Crippen LogP contribution in [0.25, 0.3) is 21.2 Å². The van der Waals surface area contributed by atoms with Crippen molar-refractivity contribution >= 4 is 44.7 Å². The number of rotatable bonds is 5. The number of anilines is 1. The molecule has 32 heavy (non-hydrogen) atoms. The fourth-order valence-corrected chi connectivity index (χ4v) is 5.76. The van der Waals surface area contributed by atoms with Crippen LogP contribution in [0.5, 0.6) is 0 Å². The quantitative estimate of drug-likeness (QED) is 0.425. The number of hydrogen-bond donors (Lipinski definition) is 1. The number of benzene rings is 2. The summed E-state index contributed by atoms with van der Waals surface area (Å²) in [5, 5.41) is 11.9. The highest BCUT2D eigenvalue weighted by molar-refractivity contribution is 7.19. The van der Waals surface area contributed by atoms with Crippen LogP contribution < -0.4 is 4.90 Å². The summed E-state index contributed by atoms with van der Waals surface area (Å²) in [6.45, 7) is 10.8. The van der Waals surface area contributed by atoms with Crippen molar-refractivity contribution in [2.24, 2.45) is 5.41 Å². The van der Waals surface area contributed by atoms with Gasteiger partial charge in [-0.2, -0.15) is 0 Å². The zero-order valence-corrected chi connectivity index (χ0v) is 20.6. The van der Waals surface area contributed by atoms with Crippen LogP contribution in [-0.4, -0.2) is 36.9 Å². The Kier molecular flexibility index (Phi) is 6.53. The standard InChI is InChI=1S/C26H30ClNO3S/c1-16-24(20-7-6-18(27)14-23(20)32-16)17-5-8-22(21(13-17)25(29)30)28-11-12-31-19(15-28)9-10-26(2,3)4/h5-8,13-14,19H,9-12,15H2,1-4H3,(H,29,30)/t19-/m1/s1. The molecule has 4 nitrogen and oxygen atoms in total. The second-order valence-corrected chi connectivity index (χ2v) is 11.4. The van der Waals surface area contributed by atoms with Crippen molar-refractivity contribution in [1.82, 2.24) is 0 Å². The van der Waals surface area contributed by atoms with E-state index >= 15 is 0 Å². The lowest BCUT2D eigenvalue weighted by atomic mass is 9.89. The van der Waals surface area contributed by atoms with E-state index in [9.17, 15) is 9.90 Å². The van der Waals surface area contributed by atoms with Crippen molar-refractivity contribution in [2.45, 2.75) is 46.6 Å². The fourth-order valence-electron chi connectivity index (χ4n) is 4.40. The summed E-state index contributed by atoms with van der Waals surface area (Å²) >= 11 is 7.86. The maximum absolute atomic E-state index is 12.2. The smallest absolute Gasteiger partial charge is 0.337 e. The lowest BCUT2D eigenvalue weighted by molar-refractivity contribution is 0.0281. The largest absolute Gasteiger partial charge is 0.478 e. The van der Waals surface area contributed by atoms with Crippen LogP contribution >= 0.6 is 22.9 Å². The number of nitrogens with zero attached hydrogens (tertiary/aromatic N) is 1. The van der Waals surface area contributed by atoms with Gasteiger partial charge in [-0.05, 0) is 55.0 Å². The molecular formula is C26H30ClNO3S. The molecule has 1 N–H and O–H groups in total. The Morgan fingerprint density at radius 1 is 1.25 bits per heavy atom. The van der Waals surface area contributed by atoms with Crippen molar-refractivity contribution in [3.8, 4) is 11.1 Å². The molecule has 2 heterocycles. The normalized spacial score (nSPS) is 17.2. The van der Waals surface area contributed by atoms with Gasteiger partial charge in [-0.3, -0.25) is 0 Å². The van der Waals surface area contributed by atoms with E-state index in [1.165, 1.54) is 0 Å². The third-order valence-corrected chi connectivity index (χ3v) is 7.34. The predicted molar refractivity (Wildman–Crippen MR) is 135 cm³/mol. The number of ether oxygens (including phenoxy) is 1. The molecule has 0 aliphatic carbocycles. The molecule has 0 unspecified atom stereocenters. The van der Waals surface area contributed by atoms with Gasteiger partial charge in [0.15, 0.2) is 0 Å². The summed E-state index contributed by atoms with van der Waals surface area (Å²) in [4.78, 5) is 15.6. The minimum absolute atomic E-state index is 0.122. The third-order valence-electron chi connectivity index (χ3n) is 6.04. The second-order valence-electron chi connectivity index (χ2n) is 9.75. The average molecular weight is 472 g/mol. The third kappa shape index (κ3) is 4.95. The minimum Gasteiger partial charge on any atom is -0.478 e. The molecule has 1 atom stereocenters. The van der Waals surface area contributed by atoms with Gasteiger partial charge in [0.1, 0.15) is 0 Å². The lowest BCUT2D eigenvalue weighted by Gasteiger charge is -2.36. The van der Waals surface area contributed by atoms with E-state index in [0.29, 0.717) is 30.3 Å². The summed E-state index contributed by atoms with van der Waals surface area (Å²) in [5.41, 5.74) is 3.37. The van der Waals surface area contributed by atoms with E-state index in [1.807, 2.05) is 36.4 Å². The SMILES string of the molecule is Cc1sc2cc(Cl)ccc2c1-c1ccc(N2CCO[C@H](CCC(C)(C)C)C2)c(C(=O)O)c1. The first-order chi connectivity index (χ1) is 15.1. The molecule has 1 aliphatic rings. The number of hydrogen-bond acceptors (Lipinski definition) is 4. The summed E-state index contributed by atoms with van der Waals surface area (Å²) in [6.07, 6.45) is 2.17. The van der Waals surface area contributed by atoms with E-state index in [2.05, 4.69) is 32.6 Å². The van der Waals surface area contributed by atoms with Gasteiger partial charge in [-0.25, -0.2) is 4.79 Å². The molecule has 4 rings (SSSR count). The number of carbonyl (C=O) groups is 1. The van der Waals surface area contributed by atoms with Crippen molar-refractivity contribution in [2.75, 3.05) is 24.6 Å². The van der Waals surface area contributed by atoms with Gasteiger partial charge in [-0.15, -0.1) is 11.3 Å². The fraction of sp³-hybridized carbons (Fsp3) is 0.423. The summed E-state index contributed by atoms with van der Waals surface area (Å²) in [7, 11) is 0. The van der Waals surface area contributed by atoms with Crippen LogP contribution in [0.4, 0.5) is 5.69 Å². The van der Waals surface area contributed by atoms with Gasteiger partial charge in [0, 0.05) is 38.6 Å². The zero-order valence-electron chi connectivity index (χ0n) is 19.1. The number of aryl methyl sites for hydroxylation is 1. The van der Waals surface area contributed by atoms with Crippen molar-refractivity contribution in [3.05, 3.63) is 51.9 Å². The molecule has 6 heteroatoms. The Hall–Kier alpha value is -2.08. The first kappa shape index (κ1) is 23.1. The monoisotopic (exact) mass is 471 g/mol. The van der Waals surface area contributed by atoms with Crippen LogP contribution in [0.1, 0.15) is 48.8 Å². The minimum atomic E-state index is -0.903.